The molecule has 0 fully saturated rings. The Kier molecular flexibility index (Phi) is 12.0. The molecule has 188 valence electrons. The van der Waals surface area contributed by atoms with E-state index < -0.39 is 12.1 Å². The molecule has 0 aliphatic heterocycles. The van der Waals surface area contributed by atoms with E-state index in [2.05, 4.69) is 21.3 Å². The van der Waals surface area contributed by atoms with E-state index in [9.17, 15) is 19.2 Å². The van der Waals surface area contributed by atoms with Crippen LogP contribution >= 0.6 is 0 Å². The average molecular weight is 481 g/mol. The van der Waals surface area contributed by atoms with E-state index >= 15 is 0 Å². The molecule has 8 heteroatoms. The number of amides is 4. The molecule has 2 rings (SSSR count). The Morgan fingerprint density at radius 1 is 0.571 bits per heavy atom. The maximum absolute atomic E-state index is 12.2. The number of carbonyl (C=O) groups is 4. The van der Waals surface area contributed by atoms with Crippen LogP contribution in [-0.4, -0.2) is 48.8 Å². The summed E-state index contributed by atoms with van der Waals surface area (Å²) in [7, 11) is 0. The molecule has 4 amide bonds. The lowest BCUT2D eigenvalue weighted by atomic mass is 10.1. The van der Waals surface area contributed by atoms with Crippen molar-refractivity contribution in [2.24, 2.45) is 0 Å². The molecule has 0 radical (unpaired) electrons. The molecule has 4 N–H and O–H groups in total. The van der Waals surface area contributed by atoms with E-state index in [4.69, 9.17) is 0 Å². The first-order chi connectivity index (χ1) is 16.9. The molecule has 0 aromatic heterocycles. The van der Waals surface area contributed by atoms with Crippen molar-refractivity contribution in [3.05, 3.63) is 71.8 Å². The summed E-state index contributed by atoms with van der Waals surface area (Å²) in [6.45, 7) is 4.44. The molecule has 35 heavy (non-hydrogen) atoms. The van der Waals surface area contributed by atoms with Crippen molar-refractivity contribution < 1.29 is 19.2 Å². The fourth-order valence-electron chi connectivity index (χ4n) is 3.38. The van der Waals surface area contributed by atoms with Gasteiger partial charge in [-0.2, -0.15) is 0 Å². The Morgan fingerprint density at radius 3 is 1.29 bits per heavy atom. The van der Waals surface area contributed by atoms with Crippen LogP contribution in [0.3, 0.4) is 0 Å². The number of hydrogen-bond acceptors (Lipinski definition) is 4. The fourth-order valence-corrected chi connectivity index (χ4v) is 3.38. The maximum atomic E-state index is 12.2. The zero-order valence-electron chi connectivity index (χ0n) is 20.5. The number of carbonyl (C=O) groups excluding carboxylic acids is 4. The van der Waals surface area contributed by atoms with Gasteiger partial charge in [-0.1, -0.05) is 55.7 Å². The van der Waals surface area contributed by atoms with Crippen LogP contribution in [0.25, 0.3) is 0 Å². The molecule has 2 atom stereocenters. The third-order valence-corrected chi connectivity index (χ3v) is 5.51. The van der Waals surface area contributed by atoms with Gasteiger partial charge in [-0.3, -0.25) is 19.2 Å². The summed E-state index contributed by atoms with van der Waals surface area (Å²) < 4.78 is 0. The molecule has 0 aliphatic rings. The van der Waals surface area contributed by atoms with Gasteiger partial charge < -0.3 is 21.3 Å². The Hall–Kier alpha value is -3.68. The second kappa shape index (κ2) is 15.3. The van der Waals surface area contributed by atoms with E-state index in [1.165, 1.54) is 0 Å². The van der Waals surface area contributed by atoms with Crippen molar-refractivity contribution in [1.29, 1.82) is 0 Å². The van der Waals surface area contributed by atoms with Crippen molar-refractivity contribution in [1.82, 2.24) is 21.3 Å². The van der Waals surface area contributed by atoms with Crippen LogP contribution in [0.2, 0.25) is 0 Å². The molecule has 0 saturated heterocycles. The SMILES string of the molecule is C[C@H](NC(=O)c1ccccc1)C(=O)NCCCCCCCNC(=O)[C@H](C)NC(=O)c1ccccc1. The number of hydrogen-bond donors (Lipinski definition) is 4. The lowest BCUT2D eigenvalue weighted by Crippen LogP contribution is -2.45. The summed E-state index contributed by atoms with van der Waals surface area (Å²) in [5.41, 5.74) is 1.05. The van der Waals surface area contributed by atoms with Gasteiger partial charge in [-0.05, 0) is 51.0 Å². The predicted octanol–water partition coefficient (Wildman–Crippen LogP) is 2.81. The summed E-state index contributed by atoms with van der Waals surface area (Å²) in [5, 5.41) is 11.1. The van der Waals surface area contributed by atoms with Crippen molar-refractivity contribution in [3.63, 3.8) is 0 Å². The van der Waals surface area contributed by atoms with Crippen LogP contribution < -0.4 is 21.3 Å². The molecule has 0 saturated carbocycles. The molecule has 0 spiro atoms. The lowest BCUT2D eigenvalue weighted by Gasteiger charge is -2.14. The highest BCUT2D eigenvalue weighted by molar-refractivity contribution is 5.98. The van der Waals surface area contributed by atoms with Crippen LogP contribution in [0, 0.1) is 0 Å². The Labute approximate surface area is 207 Å². The average Bonchev–Trinajstić information content (AvgIpc) is 2.88. The van der Waals surface area contributed by atoms with Crippen LogP contribution in [0.4, 0.5) is 0 Å². The van der Waals surface area contributed by atoms with Gasteiger partial charge in [0, 0.05) is 24.2 Å². The quantitative estimate of drug-likeness (QED) is 0.311. The number of nitrogens with one attached hydrogen (secondary N) is 4. The number of rotatable bonds is 14. The van der Waals surface area contributed by atoms with Crippen LogP contribution in [0.15, 0.2) is 60.7 Å². The standard InChI is InChI=1S/C27H36N4O4/c1-20(30-26(34)22-14-8-6-9-15-22)24(32)28-18-12-4-3-5-13-19-29-25(33)21(2)31-27(35)23-16-10-7-11-17-23/h6-11,14-17,20-21H,3-5,12-13,18-19H2,1-2H3,(H,28,32)(H,29,33)(H,30,34)(H,31,35)/t20-,21-/m0/s1. The molecule has 0 heterocycles. The topological polar surface area (TPSA) is 116 Å². The summed E-state index contributed by atoms with van der Waals surface area (Å²) in [6.07, 6.45) is 4.61. The summed E-state index contributed by atoms with van der Waals surface area (Å²) in [6, 6.07) is 16.4. The zero-order valence-corrected chi connectivity index (χ0v) is 20.5. The highest BCUT2D eigenvalue weighted by Gasteiger charge is 2.17. The predicted molar refractivity (Wildman–Crippen MR) is 136 cm³/mol. The molecule has 2 aromatic carbocycles. The van der Waals surface area contributed by atoms with E-state index in [1.807, 2.05) is 12.1 Å². The van der Waals surface area contributed by atoms with Crippen LogP contribution in [0.1, 0.15) is 66.7 Å². The highest BCUT2D eigenvalue weighted by atomic mass is 16.2. The van der Waals surface area contributed by atoms with Gasteiger partial charge in [0.1, 0.15) is 12.1 Å². The van der Waals surface area contributed by atoms with E-state index in [-0.39, 0.29) is 23.6 Å². The molecule has 0 unspecified atom stereocenters. The summed E-state index contributed by atoms with van der Waals surface area (Å²) in [5.74, 6) is -0.947. The van der Waals surface area contributed by atoms with Gasteiger partial charge in [-0.15, -0.1) is 0 Å². The molecule has 0 aliphatic carbocycles. The lowest BCUT2D eigenvalue weighted by molar-refractivity contribution is -0.123. The van der Waals surface area contributed by atoms with Crippen molar-refractivity contribution in [2.45, 2.75) is 58.0 Å². The van der Waals surface area contributed by atoms with Gasteiger partial charge in [0.25, 0.3) is 11.8 Å². The van der Waals surface area contributed by atoms with Crippen molar-refractivity contribution in [2.75, 3.05) is 13.1 Å². The van der Waals surface area contributed by atoms with Gasteiger partial charge >= 0.3 is 0 Å². The Bertz CT molecular complexity index is 873. The molecule has 2 aromatic rings. The normalized spacial score (nSPS) is 12.2. The smallest absolute Gasteiger partial charge is 0.251 e. The minimum Gasteiger partial charge on any atom is -0.354 e. The Balaban J connectivity index is 1.48. The minimum atomic E-state index is -0.605. The van der Waals surface area contributed by atoms with E-state index in [0.29, 0.717) is 24.2 Å². The van der Waals surface area contributed by atoms with Gasteiger partial charge in [0.2, 0.25) is 11.8 Å². The van der Waals surface area contributed by atoms with Crippen molar-refractivity contribution >= 4 is 23.6 Å². The van der Waals surface area contributed by atoms with Gasteiger partial charge in [-0.25, -0.2) is 0 Å². The largest absolute Gasteiger partial charge is 0.354 e. The van der Waals surface area contributed by atoms with Crippen LogP contribution in [0.5, 0.6) is 0 Å². The summed E-state index contributed by atoms with van der Waals surface area (Å²) in [4.78, 5) is 48.5. The second-order valence-electron chi connectivity index (χ2n) is 8.47. The molecule has 0 bridgehead atoms. The first-order valence-corrected chi connectivity index (χ1v) is 12.2. The minimum absolute atomic E-state index is 0.203. The van der Waals surface area contributed by atoms with Gasteiger partial charge in [0.05, 0.1) is 0 Å². The molecular formula is C27H36N4O4. The molecule has 8 nitrogen and oxygen atoms in total. The van der Waals surface area contributed by atoms with Gasteiger partial charge in [0.15, 0.2) is 0 Å². The van der Waals surface area contributed by atoms with Crippen molar-refractivity contribution in [3.8, 4) is 0 Å². The first kappa shape index (κ1) is 27.6. The third-order valence-electron chi connectivity index (χ3n) is 5.51. The number of unbranched alkanes of at least 4 members (excludes halogenated alkanes) is 4. The highest BCUT2D eigenvalue weighted by Crippen LogP contribution is 2.03. The number of benzene rings is 2. The monoisotopic (exact) mass is 480 g/mol. The zero-order chi connectivity index (χ0) is 25.5. The summed E-state index contributed by atoms with van der Waals surface area (Å²) >= 11 is 0. The van der Waals surface area contributed by atoms with E-state index in [1.54, 1.807) is 62.4 Å². The fraction of sp³-hybridized carbons (Fsp3) is 0.407. The first-order valence-electron chi connectivity index (χ1n) is 12.2. The maximum Gasteiger partial charge on any atom is 0.251 e. The second-order valence-corrected chi connectivity index (χ2v) is 8.47. The third kappa shape index (κ3) is 10.4. The van der Waals surface area contributed by atoms with E-state index in [0.717, 1.165) is 32.1 Å². The Morgan fingerprint density at radius 2 is 0.914 bits per heavy atom. The van der Waals surface area contributed by atoms with Crippen LogP contribution in [-0.2, 0) is 9.59 Å². The molecular weight excluding hydrogens is 444 g/mol.